The van der Waals surface area contributed by atoms with E-state index >= 15 is 0 Å². The fourth-order valence-electron chi connectivity index (χ4n) is 2.77. The highest BCUT2D eigenvalue weighted by atomic mass is 16.6. The van der Waals surface area contributed by atoms with E-state index < -0.39 is 4.92 Å². The maximum absolute atomic E-state index is 11.1. The standard InChI is InChI=1S/C12H21N7O2/c1-3-17(4-2)9-5-6-18(8-9)11-10(19(20)21)7-14-12(15-11)16-13/h7,9H,3-6,8,13H2,1-2H3,(H,14,15,16). The van der Waals surface area contributed by atoms with E-state index in [4.69, 9.17) is 5.84 Å². The van der Waals surface area contributed by atoms with E-state index in [9.17, 15) is 10.1 Å². The molecule has 116 valence electrons. The van der Waals surface area contributed by atoms with Crippen molar-refractivity contribution in [3.05, 3.63) is 16.3 Å². The summed E-state index contributed by atoms with van der Waals surface area (Å²) in [6, 6.07) is 0.392. The van der Waals surface area contributed by atoms with Crippen LogP contribution in [-0.4, -0.2) is 52.0 Å². The second kappa shape index (κ2) is 6.64. The average molecular weight is 295 g/mol. The van der Waals surface area contributed by atoms with Crippen molar-refractivity contribution in [2.24, 2.45) is 5.84 Å². The molecule has 1 aromatic rings. The Balaban J connectivity index is 2.24. The SMILES string of the molecule is CCN(CC)C1CCN(c2nc(NN)ncc2[N+](=O)[O-])C1. The highest BCUT2D eigenvalue weighted by Gasteiger charge is 2.31. The molecule has 21 heavy (non-hydrogen) atoms. The van der Waals surface area contributed by atoms with Crippen LogP contribution < -0.4 is 16.2 Å². The van der Waals surface area contributed by atoms with Gasteiger partial charge in [-0.1, -0.05) is 13.8 Å². The largest absolute Gasteiger partial charge is 0.349 e. The highest BCUT2D eigenvalue weighted by Crippen LogP contribution is 2.29. The predicted molar refractivity (Wildman–Crippen MR) is 80.0 cm³/mol. The number of aromatic nitrogens is 2. The summed E-state index contributed by atoms with van der Waals surface area (Å²) in [6.45, 7) is 7.64. The summed E-state index contributed by atoms with van der Waals surface area (Å²) in [7, 11) is 0. The van der Waals surface area contributed by atoms with Crippen LogP contribution in [-0.2, 0) is 0 Å². The first-order valence-corrected chi connectivity index (χ1v) is 7.07. The van der Waals surface area contributed by atoms with Crippen molar-refractivity contribution in [1.29, 1.82) is 0 Å². The molecule has 0 aliphatic carbocycles. The van der Waals surface area contributed by atoms with Crippen LogP contribution in [0.4, 0.5) is 17.5 Å². The molecule has 2 rings (SSSR count). The van der Waals surface area contributed by atoms with Crippen molar-refractivity contribution in [3.63, 3.8) is 0 Å². The molecule has 0 saturated carbocycles. The molecule has 1 aliphatic heterocycles. The molecule has 3 N–H and O–H groups in total. The minimum Gasteiger partial charge on any atom is -0.349 e. The molecule has 1 unspecified atom stereocenters. The zero-order chi connectivity index (χ0) is 15.4. The van der Waals surface area contributed by atoms with Crippen LogP contribution in [0.2, 0.25) is 0 Å². The minimum absolute atomic E-state index is 0.0887. The zero-order valence-electron chi connectivity index (χ0n) is 12.3. The van der Waals surface area contributed by atoms with Crippen LogP contribution in [0.25, 0.3) is 0 Å². The normalized spacial score (nSPS) is 18.3. The van der Waals surface area contributed by atoms with Crippen molar-refractivity contribution in [3.8, 4) is 0 Å². The third kappa shape index (κ3) is 3.19. The first-order valence-electron chi connectivity index (χ1n) is 7.07. The van der Waals surface area contributed by atoms with Gasteiger partial charge in [0.25, 0.3) is 0 Å². The van der Waals surface area contributed by atoms with Crippen LogP contribution in [0.15, 0.2) is 6.20 Å². The van der Waals surface area contributed by atoms with Gasteiger partial charge in [0.1, 0.15) is 6.20 Å². The number of nitro groups is 1. The molecular weight excluding hydrogens is 274 g/mol. The first kappa shape index (κ1) is 15.4. The summed E-state index contributed by atoms with van der Waals surface area (Å²) in [5, 5.41) is 11.1. The Morgan fingerprint density at radius 1 is 1.57 bits per heavy atom. The Kier molecular flexibility index (Phi) is 4.86. The van der Waals surface area contributed by atoms with Gasteiger partial charge in [-0.05, 0) is 19.5 Å². The number of nitrogens with zero attached hydrogens (tertiary/aromatic N) is 5. The van der Waals surface area contributed by atoms with Crippen LogP contribution in [0.3, 0.4) is 0 Å². The lowest BCUT2D eigenvalue weighted by Crippen LogP contribution is -2.37. The second-order valence-electron chi connectivity index (χ2n) is 4.91. The van der Waals surface area contributed by atoms with Crippen molar-refractivity contribution < 1.29 is 4.92 Å². The van der Waals surface area contributed by atoms with Gasteiger partial charge in [-0.2, -0.15) is 4.98 Å². The number of nitrogens with one attached hydrogen (secondary N) is 1. The van der Waals surface area contributed by atoms with E-state index in [0.29, 0.717) is 11.9 Å². The number of nitrogens with two attached hydrogens (primary N) is 1. The first-order chi connectivity index (χ1) is 10.1. The molecular formula is C12H21N7O2. The smallest absolute Gasteiger partial charge is 0.329 e. The van der Waals surface area contributed by atoms with Gasteiger partial charge in [-0.15, -0.1) is 0 Å². The van der Waals surface area contributed by atoms with Gasteiger partial charge in [-0.3, -0.25) is 20.4 Å². The minimum atomic E-state index is -0.458. The molecule has 1 aliphatic rings. The Labute approximate surface area is 123 Å². The number of hydrazine groups is 1. The van der Waals surface area contributed by atoms with Crippen molar-refractivity contribution in [2.45, 2.75) is 26.3 Å². The highest BCUT2D eigenvalue weighted by molar-refractivity contribution is 5.59. The lowest BCUT2D eigenvalue weighted by Gasteiger charge is -2.26. The van der Waals surface area contributed by atoms with E-state index in [2.05, 4.69) is 34.1 Å². The van der Waals surface area contributed by atoms with Crippen molar-refractivity contribution in [1.82, 2.24) is 14.9 Å². The quantitative estimate of drug-likeness (QED) is 0.445. The molecule has 2 heterocycles. The Morgan fingerprint density at radius 2 is 2.29 bits per heavy atom. The van der Waals surface area contributed by atoms with E-state index in [1.54, 1.807) is 0 Å². The number of hydrogen-bond donors (Lipinski definition) is 2. The molecule has 0 spiro atoms. The van der Waals surface area contributed by atoms with Gasteiger partial charge in [0.05, 0.1) is 4.92 Å². The summed E-state index contributed by atoms with van der Waals surface area (Å²) in [5.74, 6) is 5.80. The molecule has 1 fully saturated rings. The van der Waals surface area contributed by atoms with Gasteiger partial charge in [0.2, 0.25) is 11.8 Å². The van der Waals surface area contributed by atoms with Gasteiger partial charge in [0.15, 0.2) is 0 Å². The molecule has 0 radical (unpaired) electrons. The average Bonchev–Trinajstić information content (AvgIpc) is 2.97. The topological polar surface area (TPSA) is 113 Å². The molecule has 0 amide bonds. The number of nitrogen functional groups attached to an aromatic ring is 1. The van der Waals surface area contributed by atoms with E-state index in [-0.39, 0.29) is 11.6 Å². The molecule has 9 nitrogen and oxygen atoms in total. The van der Waals surface area contributed by atoms with Gasteiger partial charge < -0.3 is 4.90 Å². The van der Waals surface area contributed by atoms with Gasteiger partial charge in [0, 0.05) is 19.1 Å². The third-order valence-electron chi connectivity index (χ3n) is 3.87. The van der Waals surface area contributed by atoms with Gasteiger partial charge in [-0.25, -0.2) is 10.8 Å². The lowest BCUT2D eigenvalue weighted by atomic mass is 10.2. The van der Waals surface area contributed by atoms with Crippen LogP contribution in [0, 0.1) is 10.1 Å². The Morgan fingerprint density at radius 3 is 2.86 bits per heavy atom. The van der Waals surface area contributed by atoms with Crippen LogP contribution in [0.1, 0.15) is 20.3 Å². The number of anilines is 2. The Bertz CT molecular complexity index is 506. The van der Waals surface area contributed by atoms with E-state index in [1.165, 1.54) is 6.20 Å². The summed E-state index contributed by atoms with van der Waals surface area (Å²) >= 11 is 0. The summed E-state index contributed by atoms with van der Waals surface area (Å²) < 4.78 is 0. The predicted octanol–water partition coefficient (Wildman–Crippen LogP) is 0.591. The van der Waals surface area contributed by atoms with Crippen molar-refractivity contribution >= 4 is 17.5 Å². The molecule has 0 aromatic carbocycles. The fraction of sp³-hybridized carbons (Fsp3) is 0.667. The molecule has 1 aromatic heterocycles. The van der Waals surface area contributed by atoms with E-state index in [0.717, 1.165) is 32.6 Å². The maximum atomic E-state index is 11.1. The number of rotatable bonds is 6. The van der Waals surface area contributed by atoms with Crippen molar-refractivity contribution in [2.75, 3.05) is 36.5 Å². The maximum Gasteiger partial charge on any atom is 0.329 e. The molecule has 1 atom stereocenters. The summed E-state index contributed by atoms with van der Waals surface area (Å²) in [6.07, 6.45) is 2.16. The number of hydrogen-bond acceptors (Lipinski definition) is 8. The molecule has 0 bridgehead atoms. The third-order valence-corrected chi connectivity index (χ3v) is 3.87. The second-order valence-corrected chi connectivity index (χ2v) is 4.91. The lowest BCUT2D eigenvalue weighted by molar-refractivity contribution is -0.384. The van der Waals surface area contributed by atoms with E-state index in [1.807, 2.05) is 4.90 Å². The molecule has 9 heteroatoms. The fourth-order valence-corrected chi connectivity index (χ4v) is 2.77. The molecule has 1 saturated heterocycles. The summed E-state index contributed by atoms with van der Waals surface area (Å²) in [5.41, 5.74) is 2.24. The Hall–Kier alpha value is -2.00. The van der Waals surface area contributed by atoms with Crippen LogP contribution in [0.5, 0.6) is 0 Å². The summed E-state index contributed by atoms with van der Waals surface area (Å²) in [4.78, 5) is 22.9. The number of likely N-dealkylation sites (N-methyl/N-ethyl adjacent to an activating group) is 1. The van der Waals surface area contributed by atoms with Crippen LogP contribution >= 0.6 is 0 Å². The monoisotopic (exact) mass is 295 g/mol. The zero-order valence-corrected chi connectivity index (χ0v) is 12.3. The van der Waals surface area contributed by atoms with Gasteiger partial charge >= 0.3 is 5.69 Å².